The summed E-state index contributed by atoms with van der Waals surface area (Å²) >= 11 is 2.19. The second kappa shape index (κ2) is 5.62. The molecule has 1 aliphatic heterocycles. The molecule has 1 aliphatic rings. The van der Waals surface area contributed by atoms with E-state index in [1.807, 2.05) is 11.1 Å². The highest BCUT2D eigenvalue weighted by atomic mass is 127. The largest absolute Gasteiger partial charge is 0.340 e. The number of nitrogens with one attached hydrogen (secondary N) is 1. The van der Waals surface area contributed by atoms with Gasteiger partial charge in [-0.3, -0.25) is 9.48 Å². The van der Waals surface area contributed by atoms with E-state index in [9.17, 15) is 4.79 Å². The van der Waals surface area contributed by atoms with Crippen LogP contribution in [-0.2, 0) is 11.3 Å². The normalized spacial score (nSPS) is 17.2. The Labute approximate surface area is 108 Å². The number of hydrogen-bond acceptors (Lipinski definition) is 3. The average Bonchev–Trinajstić information content (AvgIpc) is 2.56. The van der Waals surface area contributed by atoms with E-state index in [2.05, 4.69) is 33.0 Å². The number of hydrogen-bond donors (Lipinski definition) is 1. The Bertz CT molecular complexity index is 357. The van der Waals surface area contributed by atoms with Gasteiger partial charge in [-0.2, -0.15) is 5.10 Å². The van der Waals surface area contributed by atoms with Gasteiger partial charge in [0.1, 0.15) is 6.54 Å². The van der Waals surface area contributed by atoms with Gasteiger partial charge in [0.2, 0.25) is 5.91 Å². The first-order valence-electron chi connectivity index (χ1n) is 5.42. The third-order valence-electron chi connectivity index (χ3n) is 2.59. The van der Waals surface area contributed by atoms with Gasteiger partial charge in [0.25, 0.3) is 0 Å². The topological polar surface area (TPSA) is 50.2 Å². The Balaban J connectivity index is 1.91. The molecule has 0 aromatic carbocycles. The van der Waals surface area contributed by atoms with Crippen molar-refractivity contribution in [3.05, 3.63) is 16.0 Å². The highest BCUT2D eigenvalue weighted by Gasteiger charge is 2.15. The molecule has 0 atom stereocenters. The van der Waals surface area contributed by atoms with Crippen molar-refractivity contribution in [3.8, 4) is 0 Å². The maximum Gasteiger partial charge on any atom is 0.244 e. The van der Waals surface area contributed by atoms with E-state index in [0.717, 1.165) is 36.2 Å². The van der Waals surface area contributed by atoms with Crippen molar-refractivity contribution < 1.29 is 4.79 Å². The van der Waals surface area contributed by atoms with Crippen LogP contribution in [0.15, 0.2) is 12.4 Å². The maximum atomic E-state index is 12.0. The van der Waals surface area contributed by atoms with Crippen molar-refractivity contribution in [1.29, 1.82) is 0 Å². The van der Waals surface area contributed by atoms with Crippen molar-refractivity contribution >= 4 is 28.5 Å². The number of halogens is 1. The van der Waals surface area contributed by atoms with Crippen LogP contribution >= 0.6 is 22.6 Å². The summed E-state index contributed by atoms with van der Waals surface area (Å²) in [5, 5.41) is 7.40. The van der Waals surface area contributed by atoms with E-state index in [0.29, 0.717) is 6.54 Å². The lowest BCUT2D eigenvalue weighted by atomic mass is 10.4. The average molecular weight is 334 g/mol. The third-order valence-corrected chi connectivity index (χ3v) is 3.15. The number of carbonyl (C=O) groups is 1. The third kappa shape index (κ3) is 3.18. The molecule has 1 aromatic rings. The maximum absolute atomic E-state index is 12.0. The molecule has 88 valence electrons. The second-order valence-corrected chi connectivity index (χ2v) is 5.09. The Morgan fingerprint density at radius 3 is 3.12 bits per heavy atom. The first kappa shape index (κ1) is 11.8. The molecule has 16 heavy (non-hydrogen) atoms. The molecular weight excluding hydrogens is 319 g/mol. The fourth-order valence-corrected chi connectivity index (χ4v) is 2.20. The summed E-state index contributed by atoms with van der Waals surface area (Å²) in [6, 6.07) is 0. The van der Waals surface area contributed by atoms with Crippen molar-refractivity contribution in [3.63, 3.8) is 0 Å². The van der Waals surface area contributed by atoms with Gasteiger partial charge in [0.15, 0.2) is 0 Å². The number of rotatable bonds is 2. The highest BCUT2D eigenvalue weighted by Crippen LogP contribution is 2.03. The van der Waals surface area contributed by atoms with Crippen LogP contribution in [0.3, 0.4) is 0 Å². The van der Waals surface area contributed by atoms with E-state index in [1.165, 1.54) is 0 Å². The lowest BCUT2D eigenvalue weighted by Gasteiger charge is -2.19. The predicted molar refractivity (Wildman–Crippen MR) is 69.0 cm³/mol. The zero-order valence-corrected chi connectivity index (χ0v) is 11.2. The summed E-state index contributed by atoms with van der Waals surface area (Å²) in [5.41, 5.74) is 0. The zero-order chi connectivity index (χ0) is 11.4. The Kier molecular flexibility index (Phi) is 4.16. The summed E-state index contributed by atoms with van der Waals surface area (Å²) in [6.07, 6.45) is 4.68. The second-order valence-electron chi connectivity index (χ2n) is 3.84. The molecule has 6 heteroatoms. The molecular formula is C10H15IN4O. The molecule has 2 rings (SSSR count). The molecule has 1 aromatic heterocycles. The van der Waals surface area contributed by atoms with Gasteiger partial charge in [-0.25, -0.2) is 0 Å². The van der Waals surface area contributed by atoms with E-state index < -0.39 is 0 Å². The number of amides is 1. The van der Waals surface area contributed by atoms with Crippen molar-refractivity contribution in [2.45, 2.75) is 13.0 Å². The Hall–Kier alpha value is -0.630. The quantitative estimate of drug-likeness (QED) is 0.792. The van der Waals surface area contributed by atoms with Crippen LogP contribution in [0, 0.1) is 3.57 Å². The zero-order valence-electron chi connectivity index (χ0n) is 9.03. The molecule has 0 aliphatic carbocycles. The van der Waals surface area contributed by atoms with Crippen molar-refractivity contribution in [2.24, 2.45) is 0 Å². The first-order valence-corrected chi connectivity index (χ1v) is 6.50. The van der Waals surface area contributed by atoms with Crippen LogP contribution in [-0.4, -0.2) is 46.8 Å². The molecule has 0 radical (unpaired) electrons. The number of aromatic nitrogens is 2. The molecule has 5 nitrogen and oxygen atoms in total. The predicted octanol–water partition coefficient (Wildman–Crippen LogP) is 0.310. The van der Waals surface area contributed by atoms with Crippen molar-refractivity contribution in [2.75, 3.05) is 26.2 Å². The van der Waals surface area contributed by atoms with Gasteiger partial charge < -0.3 is 10.2 Å². The minimum absolute atomic E-state index is 0.156. The smallest absolute Gasteiger partial charge is 0.244 e. The van der Waals surface area contributed by atoms with E-state index in [4.69, 9.17) is 0 Å². The fourth-order valence-electron chi connectivity index (χ4n) is 1.76. The highest BCUT2D eigenvalue weighted by molar-refractivity contribution is 14.1. The van der Waals surface area contributed by atoms with Crippen LogP contribution in [0.1, 0.15) is 6.42 Å². The van der Waals surface area contributed by atoms with Gasteiger partial charge in [0, 0.05) is 25.8 Å². The van der Waals surface area contributed by atoms with Crippen LogP contribution in [0.25, 0.3) is 0 Å². The minimum atomic E-state index is 0.156. The lowest BCUT2D eigenvalue weighted by Crippen LogP contribution is -2.36. The summed E-state index contributed by atoms with van der Waals surface area (Å²) < 4.78 is 2.76. The molecule has 1 N–H and O–H groups in total. The Morgan fingerprint density at radius 1 is 1.50 bits per heavy atom. The molecule has 0 saturated carbocycles. The van der Waals surface area contributed by atoms with Gasteiger partial charge in [0.05, 0.1) is 9.77 Å². The van der Waals surface area contributed by atoms with Crippen LogP contribution in [0.5, 0.6) is 0 Å². The first-order chi connectivity index (χ1) is 7.75. The van der Waals surface area contributed by atoms with Crippen LogP contribution in [0.4, 0.5) is 0 Å². The molecule has 0 unspecified atom stereocenters. The van der Waals surface area contributed by atoms with Crippen molar-refractivity contribution in [1.82, 2.24) is 20.0 Å². The lowest BCUT2D eigenvalue weighted by molar-refractivity contribution is -0.131. The van der Waals surface area contributed by atoms with Gasteiger partial charge in [-0.15, -0.1) is 0 Å². The monoisotopic (exact) mass is 334 g/mol. The van der Waals surface area contributed by atoms with E-state index in [-0.39, 0.29) is 5.91 Å². The summed E-state index contributed by atoms with van der Waals surface area (Å²) in [4.78, 5) is 13.9. The summed E-state index contributed by atoms with van der Waals surface area (Å²) in [7, 11) is 0. The molecule has 1 amide bonds. The van der Waals surface area contributed by atoms with Gasteiger partial charge in [-0.1, -0.05) is 0 Å². The number of nitrogens with zero attached hydrogens (tertiary/aromatic N) is 3. The van der Waals surface area contributed by atoms with E-state index in [1.54, 1.807) is 10.9 Å². The minimum Gasteiger partial charge on any atom is -0.340 e. The van der Waals surface area contributed by atoms with E-state index >= 15 is 0 Å². The Morgan fingerprint density at radius 2 is 2.38 bits per heavy atom. The van der Waals surface area contributed by atoms with Gasteiger partial charge >= 0.3 is 0 Å². The molecule has 1 saturated heterocycles. The fraction of sp³-hybridized carbons (Fsp3) is 0.600. The molecule has 0 bridgehead atoms. The summed E-state index contributed by atoms with van der Waals surface area (Å²) in [5.74, 6) is 0.156. The van der Waals surface area contributed by atoms with Gasteiger partial charge in [-0.05, 0) is 35.6 Å². The SMILES string of the molecule is O=C(Cn1cc(I)cn1)N1CCCNCC1. The molecule has 0 spiro atoms. The standard InChI is InChI=1S/C10H15IN4O/c11-9-6-13-15(7-9)8-10(16)14-4-1-2-12-3-5-14/h6-7,12H,1-5,8H2. The molecule has 1 fully saturated rings. The summed E-state index contributed by atoms with van der Waals surface area (Å²) in [6.45, 7) is 3.90. The number of carbonyl (C=O) groups excluding carboxylic acids is 1. The molecule has 2 heterocycles. The van der Waals surface area contributed by atoms with Crippen LogP contribution < -0.4 is 5.32 Å². The van der Waals surface area contributed by atoms with Crippen LogP contribution in [0.2, 0.25) is 0 Å².